The summed E-state index contributed by atoms with van der Waals surface area (Å²) in [5.41, 5.74) is 7.71. The van der Waals surface area contributed by atoms with Crippen LogP contribution in [0, 0.1) is 13.8 Å². The van der Waals surface area contributed by atoms with Crippen LogP contribution in [0.25, 0.3) is 0 Å². The van der Waals surface area contributed by atoms with Crippen LogP contribution in [-0.2, 0) is 16.0 Å². The van der Waals surface area contributed by atoms with E-state index in [0.29, 0.717) is 23.4 Å². The molecule has 2 aromatic carbocycles. The largest absolute Gasteiger partial charge is 0.484 e. The Morgan fingerprint density at radius 3 is 2.52 bits per heavy atom. The van der Waals surface area contributed by atoms with Crippen molar-refractivity contribution in [1.82, 2.24) is 10.9 Å². The lowest BCUT2D eigenvalue weighted by Gasteiger charge is -2.11. The minimum atomic E-state index is -0.497. The lowest BCUT2D eigenvalue weighted by atomic mass is 10.1. The van der Waals surface area contributed by atoms with Gasteiger partial charge < -0.3 is 10.1 Å². The van der Waals surface area contributed by atoms with Gasteiger partial charge in [0.05, 0.1) is 0 Å². The van der Waals surface area contributed by atoms with E-state index < -0.39 is 11.8 Å². The number of amides is 3. The van der Waals surface area contributed by atoms with Crippen LogP contribution in [0.3, 0.4) is 0 Å². The summed E-state index contributed by atoms with van der Waals surface area (Å²) in [7, 11) is 0. The van der Waals surface area contributed by atoms with E-state index in [0.717, 1.165) is 24.0 Å². The van der Waals surface area contributed by atoms with Gasteiger partial charge in [0.15, 0.2) is 6.61 Å². The average molecular weight is 466 g/mol. The number of aryl methyl sites for hydroxylation is 3. The third-order valence-electron chi connectivity index (χ3n) is 4.98. The Bertz CT molecular complexity index is 1110. The molecule has 0 radical (unpaired) electrons. The second-order valence-corrected chi connectivity index (χ2v) is 8.63. The topological polar surface area (TPSA) is 96.5 Å². The smallest absolute Gasteiger partial charge is 0.276 e. The molecular weight excluding hydrogens is 438 g/mol. The lowest BCUT2D eigenvalue weighted by molar-refractivity contribution is -0.123. The molecule has 0 saturated heterocycles. The zero-order chi connectivity index (χ0) is 23.6. The summed E-state index contributed by atoms with van der Waals surface area (Å²) >= 11 is 1.68. The van der Waals surface area contributed by atoms with E-state index in [4.69, 9.17) is 4.74 Å². The van der Waals surface area contributed by atoms with Crippen molar-refractivity contribution in [2.24, 2.45) is 0 Å². The first-order valence-corrected chi connectivity index (χ1v) is 11.5. The minimum absolute atomic E-state index is 0.110. The summed E-state index contributed by atoms with van der Waals surface area (Å²) in [6, 6.07) is 16.1. The van der Waals surface area contributed by atoms with Gasteiger partial charge in [-0.2, -0.15) is 0 Å². The van der Waals surface area contributed by atoms with Gasteiger partial charge in [-0.15, -0.1) is 11.3 Å². The number of benzene rings is 2. The van der Waals surface area contributed by atoms with Gasteiger partial charge in [0, 0.05) is 22.5 Å². The van der Waals surface area contributed by atoms with Gasteiger partial charge in [0.2, 0.25) is 5.91 Å². The van der Waals surface area contributed by atoms with Gasteiger partial charge in [-0.05, 0) is 79.6 Å². The van der Waals surface area contributed by atoms with Gasteiger partial charge in [-0.1, -0.05) is 18.2 Å². The van der Waals surface area contributed by atoms with Crippen LogP contribution in [-0.4, -0.2) is 24.3 Å². The number of anilines is 1. The van der Waals surface area contributed by atoms with Crippen molar-refractivity contribution in [3.8, 4) is 5.75 Å². The molecular formula is C25H27N3O4S. The highest BCUT2D eigenvalue weighted by molar-refractivity contribution is 7.09. The van der Waals surface area contributed by atoms with E-state index in [2.05, 4.69) is 22.2 Å². The molecule has 8 heteroatoms. The maximum Gasteiger partial charge on any atom is 0.276 e. The van der Waals surface area contributed by atoms with Crippen molar-refractivity contribution in [2.75, 3.05) is 11.9 Å². The van der Waals surface area contributed by atoms with Crippen molar-refractivity contribution in [3.63, 3.8) is 0 Å². The van der Waals surface area contributed by atoms with Crippen LogP contribution < -0.4 is 20.9 Å². The van der Waals surface area contributed by atoms with Gasteiger partial charge >= 0.3 is 0 Å². The summed E-state index contributed by atoms with van der Waals surface area (Å²) in [6.07, 6.45) is 2.01. The van der Waals surface area contributed by atoms with E-state index in [1.54, 1.807) is 41.7 Å². The Morgan fingerprint density at radius 2 is 1.76 bits per heavy atom. The number of carbonyl (C=O) groups excluding carboxylic acids is 3. The maximum absolute atomic E-state index is 12.4. The normalized spacial score (nSPS) is 10.4. The van der Waals surface area contributed by atoms with Crippen molar-refractivity contribution in [1.29, 1.82) is 0 Å². The molecule has 1 aromatic heterocycles. The number of hydrogen-bond acceptors (Lipinski definition) is 5. The van der Waals surface area contributed by atoms with Crippen molar-refractivity contribution >= 4 is 34.7 Å². The molecule has 0 fully saturated rings. The second kappa shape index (κ2) is 11.8. The van der Waals surface area contributed by atoms with E-state index >= 15 is 0 Å². The highest BCUT2D eigenvalue weighted by atomic mass is 32.1. The third-order valence-corrected chi connectivity index (χ3v) is 5.92. The summed E-state index contributed by atoms with van der Waals surface area (Å²) in [6.45, 7) is 3.72. The van der Waals surface area contributed by atoms with E-state index in [1.165, 1.54) is 4.88 Å². The lowest BCUT2D eigenvalue weighted by Crippen LogP contribution is -2.43. The van der Waals surface area contributed by atoms with Crippen LogP contribution in [0.15, 0.2) is 60.0 Å². The van der Waals surface area contributed by atoms with Gasteiger partial charge in [0.1, 0.15) is 5.75 Å². The molecule has 33 heavy (non-hydrogen) atoms. The molecule has 0 saturated carbocycles. The fraction of sp³-hybridized carbons (Fsp3) is 0.240. The molecule has 3 rings (SSSR count). The van der Waals surface area contributed by atoms with Crippen LogP contribution in [0.1, 0.15) is 39.2 Å². The van der Waals surface area contributed by atoms with Crippen molar-refractivity contribution in [2.45, 2.75) is 33.1 Å². The molecule has 0 atom stereocenters. The number of hydrogen-bond donors (Lipinski definition) is 3. The third kappa shape index (κ3) is 7.76. The quantitative estimate of drug-likeness (QED) is 0.413. The molecule has 0 aliphatic heterocycles. The Labute approximate surface area is 197 Å². The maximum atomic E-state index is 12.4. The molecule has 1 heterocycles. The predicted octanol–water partition coefficient (Wildman–Crippen LogP) is 4.17. The number of carbonyl (C=O) groups is 3. The Balaban J connectivity index is 1.42. The number of ether oxygens (including phenoxy) is 1. The standard InChI is InChI=1S/C25H27N3O4S/c1-17-11-12-21(14-18(17)2)32-16-24(30)27-28-25(31)19-6-3-7-20(15-19)26-23(29)10-4-8-22-9-5-13-33-22/h3,5-7,9,11-15H,4,8,10,16H2,1-2H3,(H,26,29)(H,27,30)(H,28,31). The number of thiophene rings is 1. The van der Waals surface area contributed by atoms with Crippen LogP contribution in [0.5, 0.6) is 5.75 Å². The molecule has 7 nitrogen and oxygen atoms in total. The first-order chi connectivity index (χ1) is 15.9. The Morgan fingerprint density at radius 1 is 0.909 bits per heavy atom. The fourth-order valence-electron chi connectivity index (χ4n) is 3.03. The Kier molecular flexibility index (Phi) is 8.60. The Hall–Kier alpha value is -3.65. The summed E-state index contributed by atoms with van der Waals surface area (Å²) in [4.78, 5) is 37.8. The highest BCUT2D eigenvalue weighted by Gasteiger charge is 2.10. The molecule has 3 aromatic rings. The SMILES string of the molecule is Cc1ccc(OCC(=O)NNC(=O)c2cccc(NC(=O)CCCc3cccs3)c2)cc1C. The molecule has 0 aliphatic carbocycles. The number of rotatable bonds is 9. The average Bonchev–Trinajstić information content (AvgIpc) is 3.32. The summed E-state index contributed by atoms with van der Waals surface area (Å²) < 4.78 is 5.45. The van der Waals surface area contributed by atoms with E-state index in [9.17, 15) is 14.4 Å². The first-order valence-electron chi connectivity index (χ1n) is 10.6. The number of nitrogens with one attached hydrogen (secondary N) is 3. The van der Waals surface area contributed by atoms with E-state index in [1.807, 2.05) is 37.4 Å². The molecule has 3 N–H and O–H groups in total. The van der Waals surface area contributed by atoms with Gasteiger partial charge in [-0.25, -0.2) is 0 Å². The molecule has 0 spiro atoms. The van der Waals surface area contributed by atoms with Crippen molar-refractivity contribution < 1.29 is 19.1 Å². The van der Waals surface area contributed by atoms with Crippen LogP contribution >= 0.6 is 11.3 Å². The van der Waals surface area contributed by atoms with Crippen molar-refractivity contribution in [3.05, 3.63) is 81.5 Å². The monoisotopic (exact) mass is 465 g/mol. The zero-order valence-corrected chi connectivity index (χ0v) is 19.5. The minimum Gasteiger partial charge on any atom is -0.484 e. The van der Waals surface area contributed by atoms with E-state index in [-0.39, 0.29) is 12.5 Å². The van der Waals surface area contributed by atoms with Crippen LogP contribution in [0.4, 0.5) is 5.69 Å². The molecule has 3 amide bonds. The van der Waals surface area contributed by atoms with Crippen LogP contribution in [0.2, 0.25) is 0 Å². The van der Waals surface area contributed by atoms with Gasteiger partial charge in [-0.3, -0.25) is 25.2 Å². The molecule has 0 bridgehead atoms. The fourth-order valence-corrected chi connectivity index (χ4v) is 3.78. The highest BCUT2D eigenvalue weighted by Crippen LogP contribution is 2.16. The zero-order valence-electron chi connectivity index (χ0n) is 18.6. The molecule has 172 valence electrons. The summed E-state index contributed by atoms with van der Waals surface area (Å²) in [5, 5.41) is 4.83. The second-order valence-electron chi connectivity index (χ2n) is 7.60. The molecule has 0 aliphatic rings. The summed E-state index contributed by atoms with van der Waals surface area (Å²) in [5.74, 6) is -0.514. The predicted molar refractivity (Wildman–Crippen MR) is 129 cm³/mol. The van der Waals surface area contributed by atoms with Gasteiger partial charge in [0.25, 0.3) is 11.8 Å². The number of hydrazine groups is 1. The first kappa shape index (κ1) is 24.0. The molecule has 0 unspecified atom stereocenters.